The highest BCUT2D eigenvalue weighted by Crippen LogP contribution is 2.22. The number of benzene rings is 2. The molecule has 0 fully saturated rings. The minimum absolute atomic E-state index is 0.175. The van der Waals surface area contributed by atoms with Gasteiger partial charge >= 0.3 is 6.03 Å². The molecule has 0 aliphatic carbocycles. The first-order chi connectivity index (χ1) is 11.4. The van der Waals surface area contributed by atoms with Crippen LogP contribution >= 0.6 is 0 Å². The van der Waals surface area contributed by atoms with Crippen molar-refractivity contribution in [3.63, 3.8) is 0 Å². The molecule has 1 unspecified atom stereocenters. The lowest BCUT2D eigenvalue weighted by atomic mass is 10.1. The summed E-state index contributed by atoms with van der Waals surface area (Å²) in [5.41, 5.74) is 2.22. The quantitative estimate of drug-likeness (QED) is 0.862. The summed E-state index contributed by atoms with van der Waals surface area (Å²) in [6.45, 7) is 5.99. The molecule has 128 valence electrons. The van der Waals surface area contributed by atoms with Crippen molar-refractivity contribution in [1.82, 2.24) is 5.32 Å². The number of rotatable bonds is 5. The van der Waals surface area contributed by atoms with Crippen molar-refractivity contribution in [1.29, 1.82) is 0 Å². The molecule has 2 aromatic carbocycles. The number of hydrogen-bond donors (Lipinski definition) is 2. The predicted octanol–water partition coefficient (Wildman–Crippen LogP) is 4.17. The van der Waals surface area contributed by atoms with Gasteiger partial charge in [0, 0.05) is 11.8 Å². The van der Waals surface area contributed by atoms with Crippen molar-refractivity contribution >= 4 is 11.7 Å². The molecule has 0 aromatic heterocycles. The number of urea groups is 1. The Labute approximate surface area is 139 Å². The number of amides is 2. The molecule has 4 nitrogen and oxygen atoms in total. The summed E-state index contributed by atoms with van der Waals surface area (Å²) in [4.78, 5) is 11.9. The van der Waals surface area contributed by atoms with Crippen molar-refractivity contribution < 1.29 is 18.3 Å². The van der Waals surface area contributed by atoms with Gasteiger partial charge in [0.25, 0.3) is 0 Å². The molecular weight excluding hydrogens is 314 g/mol. The van der Waals surface area contributed by atoms with Crippen molar-refractivity contribution in [3.05, 3.63) is 59.2 Å². The fraction of sp³-hybridized carbons (Fsp3) is 0.278. The van der Waals surface area contributed by atoms with Crippen molar-refractivity contribution in [2.24, 2.45) is 0 Å². The molecule has 0 spiro atoms. The van der Waals surface area contributed by atoms with E-state index >= 15 is 0 Å². The molecule has 0 heterocycles. The topological polar surface area (TPSA) is 50.4 Å². The highest BCUT2D eigenvalue weighted by atomic mass is 19.2. The van der Waals surface area contributed by atoms with E-state index in [0.29, 0.717) is 0 Å². The van der Waals surface area contributed by atoms with Crippen LogP contribution < -0.4 is 15.4 Å². The number of hydrogen-bond acceptors (Lipinski definition) is 2. The molecular formula is C18H20F2N2O2. The highest BCUT2D eigenvalue weighted by Gasteiger charge is 2.11. The zero-order valence-corrected chi connectivity index (χ0v) is 13.8. The SMILES string of the molecule is Cc1cccc(C)c1OCC(C)NC(=O)Nc1ccc(F)c(F)c1. The average Bonchev–Trinajstić information content (AvgIpc) is 2.50. The summed E-state index contributed by atoms with van der Waals surface area (Å²) >= 11 is 0. The third-order valence-corrected chi connectivity index (χ3v) is 3.44. The van der Waals surface area contributed by atoms with Crippen molar-refractivity contribution in [2.45, 2.75) is 26.8 Å². The molecule has 0 saturated carbocycles. The first-order valence-corrected chi connectivity index (χ1v) is 7.58. The maximum Gasteiger partial charge on any atom is 0.319 e. The number of anilines is 1. The zero-order valence-electron chi connectivity index (χ0n) is 13.8. The van der Waals surface area contributed by atoms with Crippen molar-refractivity contribution in [3.8, 4) is 5.75 Å². The average molecular weight is 334 g/mol. The first kappa shape index (κ1) is 17.7. The van der Waals surface area contributed by atoms with Crippen molar-refractivity contribution in [2.75, 3.05) is 11.9 Å². The van der Waals surface area contributed by atoms with Gasteiger partial charge in [0.1, 0.15) is 12.4 Å². The summed E-state index contributed by atoms with van der Waals surface area (Å²) in [5, 5.41) is 5.13. The lowest BCUT2D eigenvalue weighted by Gasteiger charge is -2.18. The van der Waals surface area contributed by atoms with Gasteiger partial charge in [-0.3, -0.25) is 0 Å². The molecule has 2 rings (SSSR count). The fourth-order valence-electron chi connectivity index (χ4n) is 2.24. The van der Waals surface area contributed by atoms with E-state index in [0.717, 1.165) is 29.0 Å². The molecule has 1 atom stereocenters. The number of para-hydroxylation sites is 1. The van der Waals surface area contributed by atoms with Gasteiger partial charge in [-0.2, -0.15) is 0 Å². The van der Waals surface area contributed by atoms with E-state index in [4.69, 9.17) is 4.74 Å². The van der Waals surface area contributed by atoms with Crippen LogP contribution in [0.4, 0.5) is 19.3 Å². The summed E-state index contributed by atoms with van der Waals surface area (Å²) in [6, 6.07) is 8.25. The smallest absolute Gasteiger partial charge is 0.319 e. The fourth-order valence-corrected chi connectivity index (χ4v) is 2.24. The van der Waals surface area contributed by atoms with Gasteiger partial charge in [-0.15, -0.1) is 0 Å². The highest BCUT2D eigenvalue weighted by molar-refractivity contribution is 5.89. The maximum absolute atomic E-state index is 13.1. The molecule has 2 N–H and O–H groups in total. The van der Waals surface area contributed by atoms with Crippen LogP contribution in [0.2, 0.25) is 0 Å². The van der Waals surface area contributed by atoms with E-state index in [1.807, 2.05) is 32.0 Å². The second-order valence-corrected chi connectivity index (χ2v) is 5.66. The van der Waals surface area contributed by atoms with Crippen LogP contribution in [-0.2, 0) is 0 Å². The number of aryl methyl sites for hydroxylation is 2. The predicted molar refractivity (Wildman–Crippen MR) is 89.4 cm³/mol. The van der Waals surface area contributed by atoms with E-state index in [9.17, 15) is 13.6 Å². The molecule has 0 saturated heterocycles. The zero-order chi connectivity index (χ0) is 17.7. The number of halogens is 2. The largest absolute Gasteiger partial charge is 0.491 e. The summed E-state index contributed by atoms with van der Waals surface area (Å²) < 4.78 is 31.7. The minimum Gasteiger partial charge on any atom is -0.491 e. The van der Waals surface area contributed by atoms with Gasteiger partial charge in [-0.25, -0.2) is 13.6 Å². The van der Waals surface area contributed by atoms with Crippen LogP contribution in [0.5, 0.6) is 5.75 Å². The van der Waals surface area contributed by atoms with Gasteiger partial charge in [0.15, 0.2) is 11.6 Å². The Hall–Kier alpha value is -2.63. The summed E-state index contributed by atoms with van der Waals surface area (Å²) in [7, 11) is 0. The second-order valence-electron chi connectivity index (χ2n) is 5.66. The number of carbonyl (C=O) groups is 1. The van der Waals surface area contributed by atoms with Crippen LogP contribution in [0.15, 0.2) is 36.4 Å². The Morgan fingerprint density at radius 1 is 1.12 bits per heavy atom. The van der Waals surface area contributed by atoms with Crippen LogP contribution in [0.3, 0.4) is 0 Å². The van der Waals surface area contributed by atoms with Gasteiger partial charge in [-0.1, -0.05) is 18.2 Å². The third-order valence-electron chi connectivity index (χ3n) is 3.44. The van der Waals surface area contributed by atoms with E-state index in [2.05, 4.69) is 10.6 Å². The van der Waals surface area contributed by atoms with E-state index in [-0.39, 0.29) is 18.3 Å². The number of carbonyl (C=O) groups excluding carboxylic acids is 1. The molecule has 6 heteroatoms. The molecule has 2 aromatic rings. The third kappa shape index (κ3) is 4.68. The van der Waals surface area contributed by atoms with Gasteiger partial charge in [0.2, 0.25) is 0 Å². The monoisotopic (exact) mass is 334 g/mol. The summed E-state index contributed by atoms with van der Waals surface area (Å²) in [6.07, 6.45) is 0. The Morgan fingerprint density at radius 3 is 2.42 bits per heavy atom. The van der Waals surface area contributed by atoms with E-state index in [1.54, 1.807) is 6.92 Å². The van der Waals surface area contributed by atoms with Crippen LogP contribution in [0.25, 0.3) is 0 Å². The molecule has 0 aliphatic rings. The van der Waals surface area contributed by atoms with E-state index in [1.165, 1.54) is 6.07 Å². The standard InChI is InChI=1S/C18H20F2N2O2/c1-11-5-4-6-12(2)17(11)24-10-13(3)21-18(23)22-14-7-8-15(19)16(20)9-14/h4-9,13H,10H2,1-3H3,(H2,21,22,23). The lowest BCUT2D eigenvalue weighted by Crippen LogP contribution is -2.39. The van der Waals surface area contributed by atoms with Crippen LogP contribution in [0, 0.1) is 25.5 Å². The number of ether oxygens (including phenoxy) is 1. The van der Waals surface area contributed by atoms with Gasteiger partial charge in [0.05, 0.1) is 6.04 Å². The first-order valence-electron chi connectivity index (χ1n) is 7.58. The maximum atomic E-state index is 13.1. The molecule has 0 radical (unpaired) electrons. The lowest BCUT2D eigenvalue weighted by molar-refractivity contribution is 0.236. The molecule has 24 heavy (non-hydrogen) atoms. The van der Waals surface area contributed by atoms with E-state index < -0.39 is 17.7 Å². The Morgan fingerprint density at radius 2 is 1.79 bits per heavy atom. The van der Waals surface area contributed by atoms with Gasteiger partial charge in [-0.05, 0) is 44.0 Å². The summed E-state index contributed by atoms with van der Waals surface area (Å²) in [5.74, 6) is -1.18. The van der Waals surface area contributed by atoms with Crippen LogP contribution in [-0.4, -0.2) is 18.7 Å². The molecule has 0 bridgehead atoms. The Kier molecular flexibility index (Phi) is 5.73. The molecule has 2 amide bonds. The molecule has 0 aliphatic heterocycles. The number of nitrogens with one attached hydrogen (secondary N) is 2. The second kappa shape index (κ2) is 7.77. The minimum atomic E-state index is -1.01. The Balaban J connectivity index is 1.86. The normalized spacial score (nSPS) is 11.7. The Bertz CT molecular complexity index is 715. The van der Waals surface area contributed by atoms with Crippen LogP contribution in [0.1, 0.15) is 18.1 Å². The van der Waals surface area contributed by atoms with Gasteiger partial charge < -0.3 is 15.4 Å².